The third kappa shape index (κ3) is 5.72. The molecule has 3 rings (SSSR count). The number of hydrogen-bond donors (Lipinski definition) is 2. The van der Waals surface area contributed by atoms with E-state index in [0.29, 0.717) is 11.3 Å². The number of hydrogen-bond acceptors (Lipinski definition) is 7. The molecule has 0 aliphatic heterocycles. The van der Waals surface area contributed by atoms with E-state index in [4.69, 9.17) is 9.47 Å². The van der Waals surface area contributed by atoms with Crippen molar-refractivity contribution < 1.29 is 32.3 Å². The van der Waals surface area contributed by atoms with Crippen molar-refractivity contribution in [3.05, 3.63) is 88.0 Å². The smallest absolute Gasteiger partial charge is 0.339 e. The number of sulfonamides is 1. The summed E-state index contributed by atoms with van der Waals surface area (Å²) in [6, 6.07) is 13.5. The first-order chi connectivity index (χ1) is 17.0. The molecule has 188 valence electrons. The summed E-state index contributed by atoms with van der Waals surface area (Å²) in [6.07, 6.45) is 0. The molecule has 0 aliphatic rings. The average Bonchev–Trinajstić information content (AvgIpc) is 2.84. The quantitative estimate of drug-likeness (QED) is 0.455. The Hall–Kier alpha value is -4.18. The van der Waals surface area contributed by atoms with Crippen molar-refractivity contribution in [2.75, 3.05) is 24.3 Å². The molecule has 0 spiro atoms. The van der Waals surface area contributed by atoms with E-state index in [1.165, 1.54) is 50.6 Å². The third-order valence-electron chi connectivity index (χ3n) is 5.46. The Balaban J connectivity index is 1.97. The number of benzene rings is 3. The lowest BCUT2D eigenvalue weighted by atomic mass is 10.1. The molecular formula is C26H26N2O7S. The van der Waals surface area contributed by atoms with Gasteiger partial charge >= 0.3 is 11.9 Å². The van der Waals surface area contributed by atoms with E-state index < -0.39 is 27.9 Å². The molecule has 0 radical (unpaired) electrons. The number of ether oxygens (including phenoxy) is 2. The molecule has 0 unspecified atom stereocenters. The summed E-state index contributed by atoms with van der Waals surface area (Å²) in [7, 11) is -1.63. The summed E-state index contributed by atoms with van der Waals surface area (Å²) in [4.78, 5) is 37.1. The molecule has 2 N–H and O–H groups in total. The minimum Gasteiger partial charge on any atom is -0.465 e. The van der Waals surface area contributed by atoms with E-state index in [0.717, 1.165) is 11.1 Å². The van der Waals surface area contributed by atoms with Gasteiger partial charge < -0.3 is 14.8 Å². The number of methoxy groups -OCH3 is 2. The zero-order valence-corrected chi connectivity index (χ0v) is 21.3. The van der Waals surface area contributed by atoms with Gasteiger partial charge in [-0.05, 0) is 68.3 Å². The zero-order valence-electron chi connectivity index (χ0n) is 20.5. The summed E-state index contributed by atoms with van der Waals surface area (Å²) in [6.45, 7) is 5.32. The van der Waals surface area contributed by atoms with Crippen LogP contribution in [0, 0.1) is 20.8 Å². The van der Waals surface area contributed by atoms with E-state index in [1.807, 2.05) is 13.0 Å². The van der Waals surface area contributed by atoms with Gasteiger partial charge in [-0.1, -0.05) is 23.8 Å². The molecule has 0 fully saturated rings. The van der Waals surface area contributed by atoms with Crippen molar-refractivity contribution in [1.82, 2.24) is 0 Å². The van der Waals surface area contributed by atoms with Gasteiger partial charge in [0.05, 0.1) is 41.6 Å². The van der Waals surface area contributed by atoms with E-state index in [2.05, 4.69) is 10.0 Å². The van der Waals surface area contributed by atoms with E-state index in [9.17, 15) is 22.8 Å². The van der Waals surface area contributed by atoms with Crippen LogP contribution in [0.4, 0.5) is 11.4 Å². The number of amides is 1. The topological polar surface area (TPSA) is 128 Å². The van der Waals surface area contributed by atoms with Gasteiger partial charge in [0.2, 0.25) is 0 Å². The predicted molar refractivity (Wildman–Crippen MR) is 135 cm³/mol. The molecule has 0 saturated carbocycles. The van der Waals surface area contributed by atoms with Crippen LogP contribution in [-0.2, 0) is 19.5 Å². The molecule has 1 amide bonds. The van der Waals surface area contributed by atoms with Gasteiger partial charge in [-0.25, -0.2) is 18.0 Å². The summed E-state index contributed by atoms with van der Waals surface area (Å²) < 4.78 is 38.4. The average molecular weight is 511 g/mol. The fourth-order valence-electron chi connectivity index (χ4n) is 3.53. The molecule has 36 heavy (non-hydrogen) atoms. The lowest BCUT2D eigenvalue weighted by Gasteiger charge is -2.15. The molecule has 9 nitrogen and oxygen atoms in total. The van der Waals surface area contributed by atoms with Crippen LogP contribution >= 0.6 is 0 Å². The summed E-state index contributed by atoms with van der Waals surface area (Å²) >= 11 is 0. The fourth-order valence-corrected chi connectivity index (χ4v) is 4.94. The first-order valence-electron chi connectivity index (χ1n) is 10.8. The van der Waals surface area contributed by atoms with E-state index >= 15 is 0 Å². The lowest BCUT2D eigenvalue weighted by molar-refractivity contribution is 0.0587. The highest BCUT2D eigenvalue weighted by atomic mass is 32.2. The minimum absolute atomic E-state index is 0.00753. The van der Waals surface area contributed by atoms with Crippen LogP contribution in [-0.4, -0.2) is 40.5 Å². The molecule has 3 aromatic rings. The molecule has 0 aliphatic carbocycles. The van der Waals surface area contributed by atoms with Crippen molar-refractivity contribution in [2.24, 2.45) is 0 Å². The number of rotatable bonds is 7. The van der Waals surface area contributed by atoms with Crippen molar-refractivity contribution in [3.63, 3.8) is 0 Å². The highest BCUT2D eigenvalue weighted by Gasteiger charge is 2.22. The zero-order chi connectivity index (χ0) is 26.6. The van der Waals surface area contributed by atoms with Gasteiger partial charge in [-0.3, -0.25) is 9.52 Å². The van der Waals surface area contributed by atoms with Crippen LogP contribution < -0.4 is 10.0 Å². The lowest BCUT2D eigenvalue weighted by Crippen LogP contribution is -2.19. The van der Waals surface area contributed by atoms with Gasteiger partial charge in [0.25, 0.3) is 15.9 Å². The maximum absolute atomic E-state index is 13.2. The molecule has 0 aromatic heterocycles. The predicted octanol–water partition coefficient (Wildman–Crippen LogP) is 4.24. The van der Waals surface area contributed by atoms with Gasteiger partial charge in [0.15, 0.2) is 0 Å². The van der Waals surface area contributed by atoms with Gasteiger partial charge in [0, 0.05) is 5.56 Å². The third-order valence-corrected chi connectivity index (χ3v) is 6.97. The number of carbonyl (C=O) groups excluding carboxylic acids is 3. The Morgan fingerprint density at radius 1 is 0.722 bits per heavy atom. The SMILES string of the molecule is COC(=O)c1ccc(C(=O)OC)c(NC(=O)c2ccc(C)c(S(=O)(=O)Nc3ccc(C)cc3C)c2)c1. The Morgan fingerprint density at radius 3 is 2.03 bits per heavy atom. The maximum atomic E-state index is 13.2. The second kappa shape index (κ2) is 10.6. The molecule has 0 atom stereocenters. The number of carbonyl (C=O) groups is 3. The van der Waals surface area contributed by atoms with Crippen molar-refractivity contribution in [2.45, 2.75) is 25.7 Å². The van der Waals surface area contributed by atoms with Crippen LogP contribution in [0.3, 0.4) is 0 Å². The summed E-state index contributed by atoms with van der Waals surface area (Å²) in [5.74, 6) is -2.08. The highest BCUT2D eigenvalue weighted by Crippen LogP contribution is 2.25. The molecular weight excluding hydrogens is 484 g/mol. The van der Waals surface area contributed by atoms with Gasteiger partial charge in [-0.15, -0.1) is 0 Å². The largest absolute Gasteiger partial charge is 0.465 e. The normalized spacial score (nSPS) is 10.9. The van der Waals surface area contributed by atoms with Crippen molar-refractivity contribution in [3.8, 4) is 0 Å². The number of nitrogens with one attached hydrogen (secondary N) is 2. The number of aryl methyl sites for hydroxylation is 3. The molecule has 10 heteroatoms. The Bertz CT molecular complexity index is 1460. The first-order valence-corrected chi connectivity index (χ1v) is 12.3. The summed E-state index contributed by atoms with van der Waals surface area (Å²) in [5.41, 5.74) is 2.76. The Morgan fingerprint density at radius 2 is 1.39 bits per heavy atom. The standard InChI is InChI=1S/C26H26N2O7S/c1-15-6-11-21(17(3)12-15)28-36(32,33)23-14-18(8-7-16(23)2)24(29)27-22-13-19(25(30)34-4)9-10-20(22)26(31)35-5/h6-14,28H,1-5H3,(H,27,29). The van der Waals surface area contributed by atoms with Crippen molar-refractivity contribution >= 4 is 39.2 Å². The van der Waals surface area contributed by atoms with Gasteiger partial charge in [0.1, 0.15) is 0 Å². The first kappa shape index (κ1) is 26.4. The summed E-state index contributed by atoms with van der Waals surface area (Å²) in [5, 5.41) is 2.56. The minimum atomic E-state index is -4.02. The highest BCUT2D eigenvalue weighted by molar-refractivity contribution is 7.92. The maximum Gasteiger partial charge on any atom is 0.339 e. The van der Waals surface area contributed by atoms with E-state index in [1.54, 1.807) is 26.0 Å². The van der Waals surface area contributed by atoms with Crippen molar-refractivity contribution in [1.29, 1.82) is 0 Å². The molecule has 0 heterocycles. The second-order valence-corrected chi connectivity index (χ2v) is 9.75. The number of esters is 2. The Kier molecular flexibility index (Phi) is 7.79. The molecule has 0 saturated heterocycles. The van der Waals surface area contributed by atoms with Crippen LogP contribution in [0.1, 0.15) is 47.8 Å². The second-order valence-electron chi connectivity index (χ2n) is 8.10. The van der Waals surface area contributed by atoms with Crippen LogP contribution in [0.15, 0.2) is 59.5 Å². The Labute approximate surface area is 209 Å². The fraction of sp³-hybridized carbons (Fsp3) is 0.192. The molecule has 3 aromatic carbocycles. The van der Waals surface area contributed by atoms with E-state index in [-0.39, 0.29) is 27.3 Å². The number of anilines is 2. The van der Waals surface area contributed by atoms with Gasteiger partial charge in [-0.2, -0.15) is 0 Å². The monoisotopic (exact) mass is 510 g/mol. The van der Waals surface area contributed by atoms with Crippen LogP contribution in [0.5, 0.6) is 0 Å². The van der Waals surface area contributed by atoms with Crippen LogP contribution in [0.2, 0.25) is 0 Å². The molecule has 0 bridgehead atoms. The van der Waals surface area contributed by atoms with Crippen LogP contribution in [0.25, 0.3) is 0 Å².